The van der Waals surface area contributed by atoms with Crippen LogP contribution < -0.4 is 5.32 Å². The highest BCUT2D eigenvalue weighted by molar-refractivity contribution is 5.84. The molecule has 0 saturated carbocycles. The summed E-state index contributed by atoms with van der Waals surface area (Å²) in [7, 11) is 0. The molecule has 1 atom stereocenters. The fourth-order valence-corrected chi connectivity index (χ4v) is 2.23. The van der Waals surface area contributed by atoms with Crippen LogP contribution in [0.15, 0.2) is 30.5 Å². The molecule has 0 aliphatic heterocycles. The van der Waals surface area contributed by atoms with Crippen LogP contribution >= 0.6 is 0 Å². The van der Waals surface area contributed by atoms with Crippen molar-refractivity contribution < 1.29 is 19.8 Å². The van der Waals surface area contributed by atoms with Crippen LogP contribution in [0, 0.1) is 0 Å². The highest BCUT2D eigenvalue weighted by Gasteiger charge is 2.18. The molecule has 6 nitrogen and oxygen atoms in total. The van der Waals surface area contributed by atoms with Gasteiger partial charge in [-0.15, -0.1) is 0 Å². The van der Waals surface area contributed by atoms with Gasteiger partial charge in [0, 0.05) is 23.5 Å². The number of para-hydroxylation sites is 1. The van der Waals surface area contributed by atoms with E-state index >= 15 is 0 Å². The number of aryl methyl sites for hydroxylation is 1. The summed E-state index contributed by atoms with van der Waals surface area (Å²) >= 11 is 0. The van der Waals surface area contributed by atoms with Crippen LogP contribution in [0.5, 0.6) is 0 Å². The molecule has 0 aliphatic carbocycles. The number of aromatic amines is 1. The van der Waals surface area contributed by atoms with E-state index in [-0.39, 0.29) is 12.3 Å². The number of aliphatic hydroxyl groups excluding tert-OH is 1. The summed E-state index contributed by atoms with van der Waals surface area (Å²) in [5.74, 6) is -1.60. The number of fused-ring (bicyclic) bond motifs is 1. The predicted octanol–water partition coefficient (Wildman–Crippen LogP) is 1.05. The van der Waals surface area contributed by atoms with Crippen LogP contribution in [0.2, 0.25) is 0 Å². The number of amides is 1. The van der Waals surface area contributed by atoms with Crippen LogP contribution in [0.1, 0.15) is 18.4 Å². The lowest BCUT2D eigenvalue weighted by Gasteiger charge is -2.11. The molecule has 0 aliphatic rings. The number of carboxylic acids is 1. The van der Waals surface area contributed by atoms with Crippen molar-refractivity contribution in [2.24, 2.45) is 0 Å². The molecule has 6 heteroatoms. The SMILES string of the molecule is O=C(CCCc1c[nH]c2ccccc12)NC(CO)C(=O)O. The number of hydrogen-bond donors (Lipinski definition) is 4. The topological polar surface area (TPSA) is 102 Å². The summed E-state index contributed by atoms with van der Waals surface area (Å²) in [5.41, 5.74) is 2.19. The second-order valence-electron chi connectivity index (χ2n) is 4.85. The van der Waals surface area contributed by atoms with Crippen LogP contribution in [-0.2, 0) is 16.0 Å². The number of nitrogens with one attached hydrogen (secondary N) is 2. The number of rotatable bonds is 7. The van der Waals surface area contributed by atoms with Gasteiger partial charge in [-0.25, -0.2) is 4.79 Å². The van der Waals surface area contributed by atoms with E-state index in [0.29, 0.717) is 6.42 Å². The Balaban J connectivity index is 1.84. The Morgan fingerprint density at radius 3 is 2.76 bits per heavy atom. The zero-order valence-corrected chi connectivity index (χ0v) is 11.5. The van der Waals surface area contributed by atoms with Crippen LogP contribution in [-0.4, -0.2) is 39.7 Å². The van der Waals surface area contributed by atoms with E-state index in [1.54, 1.807) is 0 Å². The number of carbonyl (C=O) groups excluding carboxylic acids is 1. The van der Waals surface area contributed by atoms with E-state index in [9.17, 15) is 9.59 Å². The minimum Gasteiger partial charge on any atom is -0.480 e. The van der Waals surface area contributed by atoms with Gasteiger partial charge in [0.05, 0.1) is 6.61 Å². The molecule has 1 aromatic heterocycles. The number of aliphatic hydroxyl groups is 1. The van der Waals surface area contributed by atoms with Gasteiger partial charge in [0.15, 0.2) is 0 Å². The van der Waals surface area contributed by atoms with Gasteiger partial charge in [-0.1, -0.05) is 18.2 Å². The summed E-state index contributed by atoms with van der Waals surface area (Å²) in [5, 5.41) is 21.0. The molecule has 1 amide bonds. The number of benzene rings is 1. The molecule has 1 heterocycles. The maximum Gasteiger partial charge on any atom is 0.328 e. The van der Waals surface area contributed by atoms with Crippen LogP contribution in [0.3, 0.4) is 0 Å². The number of hydrogen-bond acceptors (Lipinski definition) is 3. The highest BCUT2D eigenvalue weighted by Crippen LogP contribution is 2.19. The molecule has 0 fully saturated rings. The van der Waals surface area contributed by atoms with Crippen molar-refractivity contribution in [2.45, 2.75) is 25.3 Å². The molecular formula is C15H18N2O4. The molecule has 0 saturated heterocycles. The van der Waals surface area contributed by atoms with Crippen molar-refractivity contribution in [2.75, 3.05) is 6.61 Å². The van der Waals surface area contributed by atoms with E-state index in [4.69, 9.17) is 10.2 Å². The first-order valence-electron chi connectivity index (χ1n) is 6.80. The fraction of sp³-hybridized carbons (Fsp3) is 0.333. The summed E-state index contributed by atoms with van der Waals surface area (Å²) in [6, 6.07) is 6.70. The van der Waals surface area contributed by atoms with Crippen molar-refractivity contribution in [3.63, 3.8) is 0 Å². The van der Waals surface area contributed by atoms with Gasteiger partial charge >= 0.3 is 5.97 Å². The first-order valence-corrected chi connectivity index (χ1v) is 6.80. The van der Waals surface area contributed by atoms with E-state index < -0.39 is 18.6 Å². The number of aliphatic carboxylic acids is 1. The number of carbonyl (C=O) groups is 2. The van der Waals surface area contributed by atoms with Gasteiger partial charge < -0.3 is 20.5 Å². The standard InChI is InChI=1S/C15H18N2O4/c18-9-13(15(20)21)17-14(19)7-3-4-10-8-16-12-6-2-1-5-11(10)12/h1-2,5-6,8,13,16,18H,3-4,7,9H2,(H,17,19)(H,20,21). The van der Waals surface area contributed by atoms with Crippen molar-refractivity contribution in [3.8, 4) is 0 Å². The normalized spacial score (nSPS) is 12.2. The molecule has 21 heavy (non-hydrogen) atoms. The maximum absolute atomic E-state index is 11.6. The Hall–Kier alpha value is -2.34. The second-order valence-corrected chi connectivity index (χ2v) is 4.85. The van der Waals surface area contributed by atoms with Crippen LogP contribution in [0.25, 0.3) is 10.9 Å². The van der Waals surface area contributed by atoms with E-state index in [2.05, 4.69) is 10.3 Å². The fourth-order valence-electron chi connectivity index (χ4n) is 2.23. The van der Waals surface area contributed by atoms with Crippen molar-refractivity contribution >= 4 is 22.8 Å². The van der Waals surface area contributed by atoms with Crippen molar-refractivity contribution in [1.29, 1.82) is 0 Å². The maximum atomic E-state index is 11.6. The molecule has 1 aromatic carbocycles. The summed E-state index contributed by atoms with van der Waals surface area (Å²) in [6.45, 7) is -0.608. The molecule has 2 aromatic rings. The Kier molecular flexibility index (Phi) is 4.94. The number of carboxylic acid groups (broad SMARTS) is 1. The van der Waals surface area contributed by atoms with Gasteiger partial charge in [-0.3, -0.25) is 4.79 Å². The molecule has 112 valence electrons. The first-order chi connectivity index (χ1) is 10.1. The molecule has 0 bridgehead atoms. The van der Waals surface area contributed by atoms with Gasteiger partial charge in [-0.2, -0.15) is 0 Å². The third-order valence-electron chi connectivity index (χ3n) is 3.34. The molecule has 0 spiro atoms. The Bertz CT molecular complexity index is 635. The third kappa shape index (κ3) is 3.82. The number of aromatic nitrogens is 1. The average Bonchev–Trinajstić information content (AvgIpc) is 2.88. The average molecular weight is 290 g/mol. The monoisotopic (exact) mass is 290 g/mol. The zero-order valence-electron chi connectivity index (χ0n) is 11.5. The minimum atomic E-state index is -1.23. The van der Waals surface area contributed by atoms with E-state index in [1.807, 2.05) is 30.5 Å². The van der Waals surface area contributed by atoms with Crippen LogP contribution in [0.4, 0.5) is 0 Å². The van der Waals surface area contributed by atoms with Gasteiger partial charge in [0.1, 0.15) is 6.04 Å². The predicted molar refractivity (Wildman–Crippen MR) is 77.9 cm³/mol. The lowest BCUT2D eigenvalue weighted by atomic mass is 10.1. The zero-order chi connectivity index (χ0) is 15.2. The largest absolute Gasteiger partial charge is 0.480 e. The van der Waals surface area contributed by atoms with Crippen molar-refractivity contribution in [3.05, 3.63) is 36.0 Å². The number of H-pyrrole nitrogens is 1. The Morgan fingerprint density at radius 1 is 1.29 bits per heavy atom. The summed E-state index contributed by atoms with van der Waals surface area (Å²) < 4.78 is 0. The first kappa shape index (κ1) is 15.1. The van der Waals surface area contributed by atoms with Gasteiger partial charge in [0.2, 0.25) is 5.91 Å². The molecular weight excluding hydrogens is 272 g/mol. The Labute approximate surface area is 121 Å². The molecule has 1 unspecified atom stereocenters. The van der Waals surface area contributed by atoms with Gasteiger partial charge in [0.25, 0.3) is 0 Å². The smallest absolute Gasteiger partial charge is 0.328 e. The lowest BCUT2D eigenvalue weighted by molar-refractivity contribution is -0.142. The quantitative estimate of drug-likeness (QED) is 0.612. The Morgan fingerprint density at radius 2 is 2.05 bits per heavy atom. The second kappa shape index (κ2) is 6.90. The molecule has 2 rings (SSSR count). The van der Waals surface area contributed by atoms with Crippen molar-refractivity contribution in [1.82, 2.24) is 10.3 Å². The van der Waals surface area contributed by atoms with Gasteiger partial charge in [-0.05, 0) is 24.5 Å². The lowest BCUT2D eigenvalue weighted by Crippen LogP contribution is -2.43. The van der Waals surface area contributed by atoms with E-state index in [1.165, 1.54) is 0 Å². The van der Waals surface area contributed by atoms with E-state index in [0.717, 1.165) is 22.9 Å². The summed E-state index contributed by atoms with van der Waals surface area (Å²) in [4.78, 5) is 25.5. The molecule has 4 N–H and O–H groups in total. The summed E-state index contributed by atoms with van der Waals surface area (Å²) in [6.07, 6.45) is 3.50. The molecule has 0 radical (unpaired) electrons. The third-order valence-corrected chi connectivity index (χ3v) is 3.34. The minimum absolute atomic E-state index is 0.225. The highest BCUT2D eigenvalue weighted by atomic mass is 16.4.